The number of hydrogen-bond acceptors (Lipinski definition) is 3. The van der Waals surface area contributed by atoms with Gasteiger partial charge in [-0.1, -0.05) is 13.0 Å². The standard InChI is InChI=1S/C14H20N2O2/c1-9(14(16)17)8-18-11-6-5-10-3-2-4-13(15)12(10)7-11/h5-7,9,13H,2-4,8,15H2,1H3,(H2,16,17). The third-order valence-electron chi connectivity index (χ3n) is 3.46. The first-order chi connectivity index (χ1) is 8.58. The van der Waals surface area contributed by atoms with Gasteiger partial charge in [-0.25, -0.2) is 0 Å². The van der Waals surface area contributed by atoms with E-state index in [9.17, 15) is 4.79 Å². The lowest BCUT2D eigenvalue weighted by atomic mass is 9.88. The summed E-state index contributed by atoms with van der Waals surface area (Å²) in [5.74, 6) is 0.138. The minimum atomic E-state index is -0.343. The zero-order valence-corrected chi connectivity index (χ0v) is 10.7. The number of nitrogens with two attached hydrogens (primary N) is 2. The van der Waals surface area contributed by atoms with E-state index in [0.29, 0.717) is 6.61 Å². The second-order valence-corrected chi connectivity index (χ2v) is 4.97. The summed E-state index contributed by atoms with van der Waals surface area (Å²) in [6.07, 6.45) is 3.25. The number of carbonyl (C=O) groups is 1. The number of fused-ring (bicyclic) bond motifs is 1. The van der Waals surface area contributed by atoms with Gasteiger partial charge in [0.2, 0.25) is 5.91 Å². The molecule has 0 aromatic heterocycles. The summed E-state index contributed by atoms with van der Waals surface area (Å²) < 4.78 is 5.59. The number of carbonyl (C=O) groups excluding carboxylic acids is 1. The Hall–Kier alpha value is -1.55. The Labute approximate surface area is 107 Å². The molecule has 1 aromatic rings. The fourth-order valence-electron chi connectivity index (χ4n) is 2.21. The third kappa shape index (κ3) is 2.82. The Kier molecular flexibility index (Phi) is 3.87. The van der Waals surface area contributed by atoms with Crippen LogP contribution in [0.15, 0.2) is 18.2 Å². The van der Waals surface area contributed by atoms with Crippen LogP contribution in [-0.2, 0) is 11.2 Å². The van der Waals surface area contributed by atoms with Gasteiger partial charge < -0.3 is 16.2 Å². The fourth-order valence-corrected chi connectivity index (χ4v) is 2.21. The normalized spacial score (nSPS) is 20.0. The molecule has 2 atom stereocenters. The Balaban J connectivity index is 2.06. The first-order valence-corrected chi connectivity index (χ1v) is 6.38. The van der Waals surface area contributed by atoms with Gasteiger partial charge in [0, 0.05) is 6.04 Å². The van der Waals surface area contributed by atoms with Gasteiger partial charge in [0.25, 0.3) is 0 Å². The monoisotopic (exact) mass is 248 g/mol. The van der Waals surface area contributed by atoms with Gasteiger partial charge in [-0.2, -0.15) is 0 Å². The average molecular weight is 248 g/mol. The molecule has 0 spiro atoms. The van der Waals surface area contributed by atoms with Gasteiger partial charge in [-0.05, 0) is 42.5 Å². The van der Waals surface area contributed by atoms with Gasteiger partial charge in [-0.3, -0.25) is 4.79 Å². The Morgan fingerprint density at radius 3 is 3.06 bits per heavy atom. The number of benzene rings is 1. The largest absolute Gasteiger partial charge is 0.493 e. The van der Waals surface area contributed by atoms with Crippen LogP contribution in [0.1, 0.15) is 36.9 Å². The summed E-state index contributed by atoms with van der Waals surface area (Å²) in [7, 11) is 0. The summed E-state index contributed by atoms with van der Waals surface area (Å²) in [5.41, 5.74) is 13.8. The maximum absolute atomic E-state index is 10.9. The molecule has 0 aliphatic heterocycles. The molecule has 0 saturated carbocycles. The molecule has 0 saturated heterocycles. The molecule has 0 radical (unpaired) electrons. The van der Waals surface area contributed by atoms with Crippen molar-refractivity contribution in [2.75, 3.05) is 6.61 Å². The molecule has 0 bridgehead atoms. The van der Waals surface area contributed by atoms with Crippen LogP contribution in [-0.4, -0.2) is 12.5 Å². The van der Waals surface area contributed by atoms with E-state index in [1.54, 1.807) is 6.92 Å². The molecule has 1 aliphatic carbocycles. The SMILES string of the molecule is CC(COc1ccc2c(c1)C(N)CCC2)C(N)=O. The third-order valence-corrected chi connectivity index (χ3v) is 3.46. The highest BCUT2D eigenvalue weighted by atomic mass is 16.5. The quantitative estimate of drug-likeness (QED) is 0.848. The molecule has 18 heavy (non-hydrogen) atoms. The molecule has 98 valence electrons. The highest BCUT2D eigenvalue weighted by molar-refractivity contribution is 5.76. The molecule has 2 unspecified atom stereocenters. The molecule has 2 rings (SSSR count). The van der Waals surface area contributed by atoms with Crippen LogP contribution in [0.2, 0.25) is 0 Å². The Bertz CT molecular complexity index is 445. The molecule has 4 nitrogen and oxygen atoms in total. The zero-order valence-electron chi connectivity index (χ0n) is 10.7. The predicted molar refractivity (Wildman–Crippen MR) is 70.2 cm³/mol. The minimum Gasteiger partial charge on any atom is -0.493 e. The molecule has 1 amide bonds. The van der Waals surface area contributed by atoms with Gasteiger partial charge in [0.1, 0.15) is 5.75 Å². The van der Waals surface area contributed by atoms with Crippen molar-refractivity contribution >= 4 is 5.91 Å². The van der Waals surface area contributed by atoms with Crippen molar-refractivity contribution in [1.29, 1.82) is 0 Å². The summed E-state index contributed by atoms with van der Waals surface area (Å²) in [5, 5.41) is 0. The number of aryl methyl sites for hydroxylation is 1. The van der Waals surface area contributed by atoms with Crippen molar-refractivity contribution in [2.24, 2.45) is 17.4 Å². The van der Waals surface area contributed by atoms with Gasteiger partial charge in [0.15, 0.2) is 0 Å². The van der Waals surface area contributed by atoms with Crippen LogP contribution < -0.4 is 16.2 Å². The number of hydrogen-bond donors (Lipinski definition) is 2. The molecule has 1 aliphatic rings. The lowest BCUT2D eigenvalue weighted by Gasteiger charge is -2.23. The second-order valence-electron chi connectivity index (χ2n) is 4.97. The number of primary amides is 1. The molecular formula is C14H20N2O2. The van der Waals surface area contributed by atoms with Crippen molar-refractivity contribution in [2.45, 2.75) is 32.2 Å². The topological polar surface area (TPSA) is 78.3 Å². The van der Waals surface area contributed by atoms with Gasteiger partial charge in [-0.15, -0.1) is 0 Å². The lowest BCUT2D eigenvalue weighted by Crippen LogP contribution is -2.26. The first kappa shape index (κ1) is 12.9. The van der Waals surface area contributed by atoms with Crippen LogP contribution in [0, 0.1) is 5.92 Å². The molecule has 4 heteroatoms. The van der Waals surface area contributed by atoms with Crippen molar-refractivity contribution in [3.63, 3.8) is 0 Å². The van der Waals surface area contributed by atoms with Crippen LogP contribution >= 0.6 is 0 Å². The zero-order chi connectivity index (χ0) is 13.1. The van der Waals surface area contributed by atoms with E-state index in [2.05, 4.69) is 6.07 Å². The van der Waals surface area contributed by atoms with Crippen LogP contribution in [0.4, 0.5) is 0 Å². The number of rotatable bonds is 4. The minimum absolute atomic E-state index is 0.103. The average Bonchev–Trinajstić information content (AvgIpc) is 2.36. The van der Waals surface area contributed by atoms with Gasteiger partial charge in [0.05, 0.1) is 12.5 Å². The maximum atomic E-state index is 10.9. The smallest absolute Gasteiger partial charge is 0.223 e. The highest BCUT2D eigenvalue weighted by Gasteiger charge is 2.17. The fraction of sp³-hybridized carbons (Fsp3) is 0.500. The number of amides is 1. The van der Waals surface area contributed by atoms with E-state index in [4.69, 9.17) is 16.2 Å². The maximum Gasteiger partial charge on any atom is 0.223 e. The van der Waals surface area contributed by atoms with Gasteiger partial charge >= 0.3 is 0 Å². The highest BCUT2D eigenvalue weighted by Crippen LogP contribution is 2.30. The molecule has 0 fully saturated rings. The van der Waals surface area contributed by atoms with Crippen molar-refractivity contribution in [3.05, 3.63) is 29.3 Å². The first-order valence-electron chi connectivity index (χ1n) is 6.38. The predicted octanol–water partition coefficient (Wildman–Crippen LogP) is 1.52. The Morgan fingerprint density at radius 1 is 1.56 bits per heavy atom. The summed E-state index contributed by atoms with van der Waals surface area (Å²) >= 11 is 0. The summed E-state index contributed by atoms with van der Waals surface area (Å²) in [4.78, 5) is 10.9. The van der Waals surface area contributed by atoms with E-state index in [0.717, 1.165) is 25.0 Å². The molecule has 0 heterocycles. The van der Waals surface area contributed by atoms with Crippen LogP contribution in [0.5, 0.6) is 5.75 Å². The molecule has 4 N–H and O–H groups in total. The summed E-state index contributed by atoms with van der Waals surface area (Å²) in [6.45, 7) is 2.07. The van der Waals surface area contributed by atoms with Crippen molar-refractivity contribution < 1.29 is 9.53 Å². The van der Waals surface area contributed by atoms with Crippen molar-refractivity contribution in [3.8, 4) is 5.75 Å². The van der Waals surface area contributed by atoms with E-state index in [-0.39, 0.29) is 17.9 Å². The van der Waals surface area contributed by atoms with Crippen LogP contribution in [0.3, 0.4) is 0 Å². The van der Waals surface area contributed by atoms with E-state index in [1.807, 2.05) is 12.1 Å². The van der Waals surface area contributed by atoms with Crippen molar-refractivity contribution in [1.82, 2.24) is 0 Å². The number of ether oxygens (including phenoxy) is 1. The molecular weight excluding hydrogens is 228 g/mol. The Morgan fingerprint density at radius 2 is 2.33 bits per heavy atom. The van der Waals surface area contributed by atoms with E-state index < -0.39 is 0 Å². The van der Waals surface area contributed by atoms with Crippen LogP contribution in [0.25, 0.3) is 0 Å². The van der Waals surface area contributed by atoms with E-state index >= 15 is 0 Å². The lowest BCUT2D eigenvalue weighted by molar-refractivity contribution is -0.122. The molecule has 1 aromatic carbocycles. The summed E-state index contributed by atoms with van der Waals surface area (Å²) in [6, 6.07) is 6.10. The van der Waals surface area contributed by atoms with E-state index in [1.165, 1.54) is 11.1 Å². The second kappa shape index (κ2) is 5.40.